The van der Waals surface area contributed by atoms with Crippen molar-refractivity contribution in [2.45, 2.75) is 19.0 Å². The molecule has 0 bridgehead atoms. The van der Waals surface area contributed by atoms with Crippen molar-refractivity contribution in [3.63, 3.8) is 0 Å². The highest BCUT2D eigenvalue weighted by Crippen LogP contribution is 2.35. The Kier molecular flexibility index (Phi) is 4.25. The van der Waals surface area contributed by atoms with Crippen LogP contribution < -0.4 is 0 Å². The summed E-state index contributed by atoms with van der Waals surface area (Å²) in [5.41, 5.74) is -3.06. The van der Waals surface area contributed by atoms with Gasteiger partial charge in [0.05, 0.1) is 12.0 Å². The molecule has 0 amide bonds. The van der Waals surface area contributed by atoms with Crippen molar-refractivity contribution in [1.29, 1.82) is 0 Å². The molecule has 0 spiro atoms. The van der Waals surface area contributed by atoms with Crippen LogP contribution in [0.3, 0.4) is 0 Å². The molecule has 1 aromatic rings. The topological polar surface area (TPSA) is 50.2 Å². The number of nitrogens with zero attached hydrogens (tertiary/aromatic N) is 1. The van der Waals surface area contributed by atoms with Gasteiger partial charge in [-0.15, -0.1) is 0 Å². The van der Waals surface area contributed by atoms with Crippen LogP contribution in [-0.4, -0.2) is 16.1 Å². The molecule has 1 N–H and O–H groups in total. The molecule has 9 heteroatoms. The number of pyridine rings is 1. The lowest BCUT2D eigenvalue weighted by atomic mass is 10.1. The van der Waals surface area contributed by atoms with Gasteiger partial charge >= 0.3 is 12.1 Å². The van der Waals surface area contributed by atoms with E-state index in [1.807, 2.05) is 0 Å². The smallest absolute Gasteiger partial charge is 0.433 e. The fourth-order valence-electron chi connectivity index (χ4n) is 1.25. The Hall–Kier alpha value is -1.25. The van der Waals surface area contributed by atoms with Crippen LogP contribution >= 0.6 is 15.9 Å². The standard InChI is InChI=1S/C9H5BrF5NO2/c10-7-4(8(11)12)1-3(2-5(17)18)6(16-7)9(13,14)15/h1,8H,2H2,(H,17,18). The third kappa shape index (κ3) is 3.37. The van der Waals surface area contributed by atoms with Crippen LogP contribution in [0.15, 0.2) is 10.7 Å². The van der Waals surface area contributed by atoms with E-state index < -0.39 is 46.4 Å². The van der Waals surface area contributed by atoms with Gasteiger partial charge in [0, 0.05) is 0 Å². The van der Waals surface area contributed by atoms with Gasteiger partial charge in [0.15, 0.2) is 0 Å². The summed E-state index contributed by atoms with van der Waals surface area (Å²) in [5.74, 6) is -1.56. The Bertz CT molecular complexity index is 475. The summed E-state index contributed by atoms with van der Waals surface area (Å²) < 4.78 is 61.9. The molecular formula is C9H5BrF5NO2. The summed E-state index contributed by atoms with van der Waals surface area (Å²) in [7, 11) is 0. The van der Waals surface area contributed by atoms with Crippen LogP contribution in [0.1, 0.15) is 23.2 Å². The van der Waals surface area contributed by atoms with Gasteiger partial charge in [-0.1, -0.05) is 0 Å². The van der Waals surface area contributed by atoms with Gasteiger partial charge in [-0.25, -0.2) is 13.8 Å². The van der Waals surface area contributed by atoms with E-state index in [0.29, 0.717) is 6.07 Å². The molecule has 1 heterocycles. The minimum atomic E-state index is -4.91. The minimum absolute atomic E-state index is 0.499. The summed E-state index contributed by atoms with van der Waals surface area (Å²) in [4.78, 5) is 13.4. The van der Waals surface area contributed by atoms with E-state index >= 15 is 0 Å². The molecule has 100 valence electrons. The van der Waals surface area contributed by atoms with Crippen LogP contribution in [0.25, 0.3) is 0 Å². The van der Waals surface area contributed by atoms with Gasteiger partial charge < -0.3 is 5.11 Å². The van der Waals surface area contributed by atoms with Gasteiger partial charge in [-0.3, -0.25) is 4.79 Å². The number of carbonyl (C=O) groups is 1. The van der Waals surface area contributed by atoms with Gasteiger partial charge in [-0.05, 0) is 27.6 Å². The average molecular weight is 334 g/mol. The van der Waals surface area contributed by atoms with Crippen molar-refractivity contribution in [2.24, 2.45) is 0 Å². The molecule has 0 saturated heterocycles. The third-order valence-corrected chi connectivity index (χ3v) is 2.56. The molecule has 3 nitrogen and oxygen atoms in total. The lowest BCUT2D eigenvalue weighted by Gasteiger charge is -2.13. The minimum Gasteiger partial charge on any atom is -0.481 e. The molecule has 0 aromatic carbocycles. The first-order valence-corrected chi connectivity index (χ1v) is 5.18. The SMILES string of the molecule is O=C(O)Cc1cc(C(F)F)c(Br)nc1C(F)(F)F. The molecule has 1 aromatic heterocycles. The second-order valence-corrected chi connectivity index (χ2v) is 4.00. The Labute approximate surface area is 106 Å². The zero-order valence-electron chi connectivity index (χ0n) is 8.43. The highest BCUT2D eigenvalue weighted by molar-refractivity contribution is 9.10. The highest BCUT2D eigenvalue weighted by atomic mass is 79.9. The molecule has 0 saturated carbocycles. The monoisotopic (exact) mass is 333 g/mol. The number of aromatic nitrogens is 1. The first-order valence-electron chi connectivity index (χ1n) is 4.39. The molecule has 0 unspecified atom stereocenters. The summed E-state index contributed by atoms with van der Waals surface area (Å²) in [6, 6.07) is 0.499. The van der Waals surface area contributed by atoms with Crippen molar-refractivity contribution in [2.75, 3.05) is 0 Å². The highest BCUT2D eigenvalue weighted by Gasteiger charge is 2.37. The predicted octanol–water partition coefficient (Wildman–Crippen LogP) is 3.43. The van der Waals surface area contributed by atoms with Crippen molar-refractivity contribution in [3.8, 4) is 0 Å². The maximum atomic E-state index is 12.5. The van der Waals surface area contributed by atoms with E-state index in [1.165, 1.54) is 0 Å². The van der Waals surface area contributed by atoms with Crippen LogP contribution in [0.2, 0.25) is 0 Å². The number of rotatable bonds is 3. The van der Waals surface area contributed by atoms with Crippen molar-refractivity contribution in [3.05, 3.63) is 27.5 Å². The molecule has 0 fully saturated rings. The Balaban J connectivity index is 3.42. The zero-order valence-corrected chi connectivity index (χ0v) is 10.0. The Morgan fingerprint density at radius 1 is 1.44 bits per heavy atom. The Morgan fingerprint density at radius 3 is 2.39 bits per heavy atom. The quantitative estimate of drug-likeness (QED) is 0.681. The molecule has 0 radical (unpaired) electrons. The molecule has 0 aliphatic carbocycles. The van der Waals surface area contributed by atoms with Gasteiger partial charge in [-0.2, -0.15) is 13.2 Å². The first-order chi connectivity index (χ1) is 8.12. The molecule has 0 atom stereocenters. The molecule has 0 aliphatic rings. The van der Waals surface area contributed by atoms with Gasteiger partial charge in [0.1, 0.15) is 10.3 Å². The maximum absolute atomic E-state index is 12.5. The molecule has 18 heavy (non-hydrogen) atoms. The van der Waals surface area contributed by atoms with Gasteiger partial charge in [0.25, 0.3) is 6.43 Å². The fraction of sp³-hybridized carbons (Fsp3) is 0.333. The first kappa shape index (κ1) is 14.8. The number of carboxylic acid groups (broad SMARTS) is 1. The van der Waals surface area contributed by atoms with Gasteiger partial charge in [0.2, 0.25) is 0 Å². The van der Waals surface area contributed by atoms with E-state index in [9.17, 15) is 26.7 Å². The van der Waals surface area contributed by atoms with Crippen molar-refractivity contribution in [1.82, 2.24) is 4.98 Å². The van der Waals surface area contributed by atoms with Crippen molar-refractivity contribution >= 4 is 21.9 Å². The number of alkyl halides is 5. The number of hydrogen-bond donors (Lipinski definition) is 1. The third-order valence-electron chi connectivity index (χ3n) is 1.93. The maximum Gasteiger partial charge on any atom is 0.433 e. The number of hydrogen-bond acceptors (Lipinski definition) is 2. The average Bonchev–Trinajstić information content (AvgIpc) is 2.17. The largest absolute Gasteiger partial charge is 0.481 e. The van der Waals surface area contributed by atoms with Crippen LogP contribution in [0, 0.1) is 0 Å². The second-order valence-electron chi connectivity index (χ2n) is 3.25. The normalized spacial score (nSPS) is 11.9. The lowest BCUT2D eigenvalue weighted by Crippen LogP contribution is -2.16. The number of aliphatic carboxylic acids is 1. The van der Waals surface area contributed by atoms with Crippen LogP contribution in [-0.2, 0) is 17.4 Å². The van der Waals surface area contributed by atoms with E-state index in [1.54, 1.807) is 0 Å². The fourth-order valence-corrected chi connectivity index (χ4v) is 1.71. The number of halogens is 6. The molecule has 1 rings (SSSR count). The molecular weight excluding hydrogens is 329 g/mol. The zero-order chi connectivity index (χ0) is 14.1. The summed E-state index contributed by atoms with van der Waals surface area (Å²) in [5, 5.41) is 8.46. The predicted molar refractivity (Wildman–Crippen MR) is 53.2 cm³/mol. The van der Waals surface area contributed by atoms with E-state index in [4.69, 9.17) is 5.11 Å². The van der Waals surface area contributed by atoms with E-state index in [2.05, 4.69) is 20.9 Å². The van der Waals surface area contributed by atoms with Crippen LogP contribution in [0.5, 0.6) is 0 Å². The van der Waals surface area contributed by atoms with Crippen molar-refractivity contribution < 1.29 is 31.9 Å². The molecule has 0 aliphatic heterocycles. The van der Waals surface area contributed by atoms with Crippen LogP contribution in [0.4, 0.5) is 22.0 Å². The Morgan fingerprint density at radius 2 is 2.00 bits per heavy atom. The van der Waals surface area contributed by atoms with E-state index in [0.717, 1.165) is 0 Å². The summed E-state index contributed by atoms with van der Waals surface area (Å²) >= 11 is 2.50. The summed E-state index contributed by atoms with van der Waals surface area (Å²) in [6.45, 7) is 0. The summed E-state index contributed by atoms with van der Waals surface area (Å²) in [6.07, 6.45) is -9.00. The number of carboxylic acids is 1. The second kappa shape index (κ2) is 5.17. The lowest BCUT2D eigenvalue weighted by molar-refractivity contribution is -0.142. The van der Waals surface area contributed by atoms with E-state index in [-0.39, 0.29) is 0 Å².